The molecule has 0 spiro atoms. The lowest BCUT2D eigenvalue weighted by Gasteiger charge is -2.32. The molecule has 2 aromatic carbocycles. The van der Waals surface area contributed by atoms with Crippen molar-refractivity contribution in [1.29, 1.82) is 0 Å². The van der Waals surface area contributed by atoms with Crippen LogP contribution in [0, 0.1) is 0 Å². The number of carbonyl (C=O) groups excluding carboxylic acids is 2. The fourth-order valence-electron chi connectivity index (χ4n) is 4.00. The third kappa shape index (κ3) is 7.09. The molecular weight excluding hydrogens is 482 g/mol. The molecule has 0 aromatic heterocycles. The molecule has 1 aliphatic heterocycles. The predicted octanol–water partition coefficient (Wildman–Crippen LogP) is 6.46. The highest BCUT2D eigenvalue weighted by Crippen LogP contribution is 2.34. The number of nitrogens with one attached hydrogen (secondary N) is 2. The lowest BCUT2D eigenvalue weighted by atomic mass is 9.99. The molecule has 1 atom stereocenters. The second kappa shape index (κ2) is 11.6. The second-order valence-corrected chi connectivity index (χ2v) is 10.7. The van der Waals surface area contributed by atoms with Crippen LogP contribution in [-0.2, 0) is 9.53 Å². The standard InChI is InChI=1S/C30H39N3O5/c1-9-23-15-13-20(19-33(23)28(35)38-29(2,3)4)25-16-14-21(18-26(25)37-8)31-27(34)30(5,6)32-22-11-10-12-24(17-22)36-7/h10-19,23,32H,9H2,1-8H3,(H,31,34). The highest BCUT2D eigenvalue weighted by Gasteiger charge is 2.29. The molecule has 0 aliphatic carbocycles. The van der Waals surface area contributed by atoms with Crippen molar-refractivity contribution in [2.45, 2.75) is 65.1 Å². The molecule has 8 heteroatoms. The summed E-state index contributed by atoms with van der Waals surface area (Å²) >= 11 is 0. The first-order chi connectivity index (χ1) is 17.9. The third-order valence-electron chi connectivity index (χ3n) is 6.02. The van der Waals surface area contributed by atoms with Crippen molar-refractivity contribution in [3.63, 3.8) is 0 Å². The number of benzene rings is 2. The fraction of sp³-hybridized carbons (Fsp3) is 0.400. The van der Waals surface area contributed by atoms with Crippen molar-refractivity contribution >= 4 is 28.9 Å². The van der Waals surface area contributed by atoms with Crippen molar-refractivity contribution in [3.05, 3.63) is 66.4 Å². The van der Waals surface area contributed by atoms with Gasteiger partial charge < -0.3 is 24.8 Å². The Bertz CT molecular complexity index is 1230. The zero-order valence-electron chi connectivity index (χ0n) is 23.5. The number of methoxy groups -OCH3 is 2. The molecule has 0 bridgehead atoms. The first-order valence-electron chi connectivity index (χ1n) is 12.7. The average molecular weight is 522 g/mol. The highest BCUT2D eigenvalue weighted by atomic mass is 16.6. The second-order valence-electron chi connectivity index (χ2n) is 10.7. The van der Waals surface area contributed by atoms with E-state index < -0.39 is 17.2 Å². The summed E-state index contributed by atoms with van der Waals surface area (Å²) in [5.41, 5.74) is 1.45. The van der Waals surface area contributed by atoms with E-state index in [1.165, 1.54) is 0 Å². The van der Waals surface area contributed by atoms with Gasteiger partial charge in [0.2, 0.25) is 5.91 Å². The molecule has 0 saturated heterocycles. The van der Waals surface area contributed by atoms with E-state index in [4.69, 9.17) is 14.2 Å². The van der Waals surface area contributed by atoms with E-state index in [1.54, 1.807) is 45.2 Å². The quantitative estimate of drug-likeness (QED) is 0.414. The van der Waals surface area contributed by atoms with Gasteiger partial charge in [0.25, 0.3) is 0 Å². The molecule has 8 nitrogen and oxygen atoms in total. The number of nitrogens with zero attached hydrogens (tertiary/aromatic N) is 1. The van der Waals surface area contributed by atoms with Crippen LogP contribution in [0.5, 0.6) is 11.5 Å². The Hall–Kier alpha value is -3.94. The van der Waals surface area contributed by atoms with E-state index in [9.17, 15) is 9.59 Å². The molecule has 2 N–H and O–H groups in total. The minimum atomic E-state index is -0.907. The van der Waals surface area contributed by atoms with Crippen molar-refractivity contribution < 1.29 is 23.8 Å². The Kier molecular flexibility index (Phi) is 8.76. The summed E-state index contributed by atoms with van der Waals surface area (Å²) in [6, 6.07) is 12.8. The molecule has 3 rings (SSSR count). The lowest BCUT2D eigenvalue weighted by molar-refractivity contribution is -0.119. The van der Waals surface area contributed by atoms with Gasteiger partial charge >= 0.3 is 6.09 Å². The van der Waals surface area contributed by atoms with Crippen LogP contribution in [0.15, 0.2) is 60.8 Å². The van der Waals surface area contributed by atoms with Crippen LogP contribution in [-0.4, -0.2) is 48.3 Å². The number of hydrogen-bond donors (Lipinski definition) is 2. The van der Waals surface area contributed by atoms with Gasteiger partial charge in [-0.3, -0.25) is 9.69 Å². The summed E-state index contributed by atoms with van der Waals surface area (Å²) in [6.45, 7) is 11.2. The SMILES string of the molecule is CCC1C=CC(c2ccc(NC(=O)C(C)(C)Nc3cccc(OC)c3)cc2OC)=CN1C(=O)OC(C)(C)C. The molecule has 0 saturated carbocycles. The number of carbonyl (C=O) groups is 2. The Morgan fingerprint density at radius 2 is 1.71 bits per heavy atom. The minimum Gasteiger partial charge on any atom is -0.497 e. The lowest BCUT2D eigenvalue weighted by Crippen LogP contribution is -2.44. The molecule has 38 heavy (non-hydrogen) atoms. The summed E-state index contributed by atoms with van der Waals surface area (Å²) in [7, 11) is 3.18. The maximum atomic E-state index is 13.2. The molecule has 1 aliphatic rings. The van der Waals surface area contributed by atoms with Gasteiger partial charge in [-0.05, 0) is 65.3 Å². The monoisotopic (exact) mass is 521 g/mol. The van der Waals surface area contributed by atoms with E-state index in [-0.39, 0.29) is 11.9 Å². The number of amides is 2. The van der Waals surface area contributed by atoms with Gasteiger partial charge in [-0.1, -0.05) is 25.1 Å². The van der Waals surface area contributed by atoms with Gasteiger partial charge in [0.15, 0.2) is 0 Å². The molecule has 2 aromatic rings. The van der Waals surface area contributed by atoms with E-state index in [2.05, 4.69) is 10.6 Å². The normalized spacial score (nSPS) is 15.4. The number of anilines is 2. The molecular formula is C30H39N3O5. The Morgan fingerprint density at radius 1 is 0.974 bits per heavy atom. The van der Waals surface area contributed by atoms with Crippen LogP contribution in [0.2, 0.25) is 0 Å². The van der Waals surface area contributed by atoms with Crippen LogP contribution in [0.1, 0.15) is 53.5 Å². The van der Waals surface area contributed by atoms with Crippen LogP contribution < -0.4 is 20.1 Å². The van der Waals surface area contributed by atoms with Crippen molar-refractivity contribution in [1.82, 2.24) is 4.90 Å². The Balaban J connectivity index is 1.81. The molecule has 204 valence electrons. The molecule has 2 amide bonds. The van der Waals surface area contributed by atoms with E-state index in [1.807, 2.05) is 76.2 Å². The van der Waals surface area contributed by atoms with E-state index in [0.717, 1.165) is 23.2 Å². The first kappa shape index (κ1) is 28.6. The summed E-state index contributed by atoms with van der Waals surface area (Å²) in [4.78, 5) is 27.7. The maximum Gasteiger partial charge on any atom is 0.414 e. The van der Waals surface area contributed by atoms with Crippen LogP contribution in [0.3, 0.4) is 0 Å². The van der Waals surface area contributed by atoms with Crippen LogP contribution in [0.25, 0.3) is 5.57 Å². The van der Waals surface area contributed by atoms with Gasteiger partial charge in [0.05, 0.1) is 20.3 Å². The van der Waals surface area contributed by atoms with E-state index >= 15 is 0 Å². The zero-order valence-corrected chi connectivity index (χ0v) is 23.5. The van der Waals surface area contributed by atoms with Gasteiger partial charge in [0, 0.05) is 40.8 Å². The van der Waals surface area contributed by atoms with Crippen LogP contribution >= 0.6 is 0 Å². The largest absolute Gasteiger partial charge is 0.497 e. The van der Waals surface area contributed by atoms with Gasteiger partial charge in [-0.2, -0.15) is 0 Å². The summed E-state index contributed by atoms with van der Waals surface area (Å²) in [5.74, 6) is 1.05. The minimum absolute atomic E-state index is 0.0996. The van der Waals surface area contributed by atoms with Gasteiger partial charge in [-0.25, -0.2) is 4.79 Å². The average Bonchev–Trinajstić information content (AvgIpc) is 2.87. The highest BCUT2D eigenvalue weighted by molar-refractivity contribution is 6.00. The Labute approximate surface area is 225 Å². The van der Waals surface area contributed by atoms with E-state index in [0.29, 0.717) is 17.2 Å². The van der Waals surface area contributed by atoms with Gasteiger partial charge in [-0.15, -0.1) is 0 Å². The molecule has 0 radical (unpaired) electrons. The maximum absolute atomic E-state index is 13.2. The zero-order chi connectivity index (χ0) is 28.1. The van der Waals surface area contributed by atoms with Crippen molar-refractivity contribution in [3.8, 4) is 11.5 Å². The first-order valence-corrected chi connectivity index (χ1v) is 12.7. The topological polar surface area (TPSA) is 89.1 Å². The molecule has 0 fully saturated rings. The van der Waals surface area contributed by atoms with Crippen LogP contribution in [0.4, 0.5) is 16.2 Å². The van der Waals surface area contributed by atoms with Crippen molar-refractivity contribution in [2.75, 3.05) is 24.9 Å². The smallest absolute Gasteiger partial charge is 0.414 e. The predicted molar refractivity (Wildman–Crippen MR) is 152 cm³/mol. The molecule has 1 heterocycles. The summed E-state index contributed by atoms with van der Waals surface area (Å²) in [6.07, 6.45) is 6.11. The summed E-state index contributed by atoms with van der Waals surface area (Å²) in [5, 5.41) is 6.23. The number of rotatable bonds is 8. The van der Waals surface area contributed by atoms with Crippen molar-refractivity contribution in [2.24, 2.45) is 0 Å². The Morgan fingerprint density at radius 3 is 2.34 bits per heavy atom. The third-order valence-corrected chi connectivity index (χ3v) is 6.02. The number of hydrogen-bond acceptors (Lipinski definition) is 6. The number of allylic oxidation sites excluding steroid dienone is 2. The number of ether oxygens (including phenoxy) is 3. The fourth-order valence-corrected chi connectivity index (χ4v) is 4.00. The summed E-state index contributed by atoms with van der Waals surface area (Å²) < 4.78 is 16.6. The molecule has 1 unspecified atom stereocenters. The van der Waals surface area contributed by atoms with Gasteiger partial charge in [0.1, 0.15) is 22.6 Å².